The van der Waals surface area contributed by atoms with E-state index in [1.165, 1.54) is 6.08 Å². The molecule has 5 nitrogen and oxygen atoms in total. The van der Waals surface area contributed by atoms with Crippen LogP contribution in [-0.4, -0.2) is 29.2 Å². The first-order valence-electron chi connectivity index (χ1n) is 5.99. The lowest BCUT2D eigenvalue weighted by Crippen LogP contribution is -2.46. The number of aliphatic carboxylic acids is 1. The molecule has 0 aromatic heterocycles. The van der Waals surface area contributed by atoms with Gasteiger partial charge in [0.05, 0.1) is 0 Å². The highest BCUT2D eigenvalue weighted by Gasteiger charge is 2.37. The van der Waals surface area contributed by atoms with Crippen LogP contribution in [0.3, 0.4) is 0 Å². The van der Waals surface area contributed by atoms with Crippen molar-refractivity contribution in [2.45, 2.75) is 44.7 Å². The Labute approximate surface area is 101 Å². The molecule has 0 spiro atoms. The second-order valence-electron chi connectivity index (χ2n) is 4.42. The lowest BCUT2D eigenvalue weighted by atomic mass is 10.2. The van der Waals surface area contributed by atoms with Crippen molar-refractivity contribution >= 4 is 12.0 Å². The Balaban J connectivity index is 2.28. The largest absolute Gasteiger partial charge is 0.480 e. The van der Waals surface area contributed by atoms with E-state index in [9.17, 15) is 9.59 Å². The fraction of sp³-hybridized carbons (Fsp3) is 0.667. The summed E-state index contributed by atoms with van der Waals surface area (Å²) in [6.45, 7) is 5.58. The molecule has 3 unspecified atom stereocenters. The molecule has 0 bridgehead atoms. The lowest BCUT2D eigenvalue weighted by molar-refractivity contribution is -0.139. The summed E-state index contributed by atoms with van der Waals surface area (Å²) in [5.74, 6) is -0.477. The summed E-state index contributed by atoms with van der Waals surface area (Å²) in [5.41, 5.74) is 0. The van der Waals surface area contributed by atoms with Crippen LogP contribution in [0.25, 0.3) is 0 Å². The molecule has 1 aliphatic rings. The van der Waals surface area contributed by atoms with Crippen LogP contribution in [0.15, 0.2) is 12.7 Å². The van der Waals surface area contributed by atoms with Crippen LogP contribution in [0, 0.1) is 5.92 Å². The van der Waals surface area contributed by atoms with Crippen molar-refractivity contribution in [1.29, 1.82) is 0 Å². The van der Waals surface area contributed by atoms with Crippen LogP contribution in [0.4, 0.5) is 4.79 Å². The van der Waals surface area contributed by atoms with Crippen LogP contribution in [-0.2, 0) is 4.79 Å². The summed E-state index contributed by atoms with van der Waals surface area (Å²) < 4.78 is 0. The molecule has 0 aliphatic heterocycles. The maximum absolute atomic E-state index is 11.5. The Kier molecular flexibility index (Phi) is 5.00. The van der Waals surface area contributed by atoms with Gasteiger partial charge in [-0.3, -0.25) is 0 Å². The van der Waals surface area contributed by atoms with Gasteiger partial charge in [0.15, 0.2) is 0 Å². The predicted octanol–water partition coefficient (Wildman–Crippen LogP) is 1.50. The van der Waals surface area contributed by atoms with Crippen molar-refractivity contribution in [3.63, 3.8) is 0 Å². The van der Waals surface area contributed by atoms with Gasteiger partial charge in [0.25, 0.3) is 0 Å². The number of hydrogen-bond acceptors (Lipinski definition) is 2. The number of nitrogens with one attached hydrogen (secondary N) is 2. The van der Waals surface area contributed by atoms with Gasteiger partial charge in [-0.1, -0.05) is 19.4 Å². The van der Waals surface area contributed by atoms with E-state index in [0.29, 0.717) is 5.92 Å². The van der Waals surface area contributed by atoms with Gasteiger partial charge in [-0.05, 0) is 25.2 Å². The molecular weight excluding hydrogens is 220 g/mol. The molecule has 96 valence electrons. The quantitative estimate of drug-likeness (QED) is 0.590. The second-order valence-corrected chi connectivity index (χ2v) is 4.42. The molecule has 5 heteroatoms. The maximum atomic E-state index is 11.5. The van der Waals surface area contributed by atoms with Crippen LogP contribution < -0.4 is 10.6 Å². The highest BCUT2D eigenvalue weighted by molar-refractivity contribution is 5.82. The van der Waals surface area contributed by atoms with Crippen LogP contribution in [0.1, 0.15) is 32.6 Å². The smallest absolute Gasteiger partial charge is 0.326 e. The molecule has 0 radical (unpaired) electrons. The number of urea groups is 1. The molecule has 3 N–H and O–H groups in total. The van der Waals surface area contributed by atoms with Crippen molar-refractivity contribution in [1.82, 2.24) is 10.6 Å². The average Bonchev–Trinajstić information content (AvgIpc) is 2.96. The van der Waals surface area contributed by atoms with E-state index in [2.05, 4.69) is 24.1 Å². The van der Waals surface area contributed by atoms with Gasteiger partial charge in [0.1, 0.15) is 6.04 Å². The van der Waals surface area contributed by atoms with Crippen LogP contribution in [0.2, 0.25) is 0 Å². The van der Waals surface area contributed by atoms with Gasteiger partial charge in [-0.2, -0.15) is 0 Å². The average molecular weight is 240 g/mol. The molecule has 2 amide bonds. The highest BCUT2D eigenvalue weighted by Crippen LogP contribution is 2.34. The Bertz CT molecular complexity index is 304. The summed E-state index contributed by atoms with van der Waals surface area (Å²) in [4.78, 5) is 22.3. The minimum absolute atomic E-state index is 0.216. The summed E-state index contributed by atoms with van der Waals surface area (Å²) in [7, 11) is 0. The fourth-order valence-corrected chi connectivity index (χ4v) is 1.87. The molecule has 0 aromatic carbocycles. The third-order valence-electron chi connectivity index (χ3n) is 2.90. The van der Waals surface area contributed by atoms with Crippen LogP contribution >= 0.6 is 0 Å². The second kappa shape index (κ2) is 6.27. The zero-order valence-electron chi connectivity index (χ0n) is 10.1. The standard InChI is InChI=1S/C12H20N2O3/c1-3-5-8-7-10(8)14-12(17)13-9(6-4-2)11(15)16/h4,8-10H,2-3,5-7H2,1H3,(H,15,16)(H2,13,14,17). The van der Waals surface area contributed by atoms with E-state index in [1.54, 1.807) is 0 Å². The number of rotatable bonds is 7. The Morgan fingerprint density at radius 1 is 1.59 bits per heavy atom. The minimum atomic E-state index is -1.04. The normalized spacial score (nSPS) is 23.6. The number of carbonyl (C=O) groups is 2. The van der Waals surface area contributed by atoms with E-state index < -0.39 is 18.0 Å². The predicted molar refractivity (Wildman–Crippen MR) is 64.7 cm³/mol. The topological polar surface area (TPSA) is 78.4 Å². The van der Waals surface area contributed by atoms with Gasteiger partial charge in [0, 0.05) is 6.04 Å². The minimum Gasteiger partial charge on any atom is -0.480 e. The molecule has 1 aliphatic carbocycles. The van der Waals surface area contributed by atoms with Crippen molar-refractivity contribution in [2.24, 2.45) is 5.92 Å². The lowest BCUT2D eigenvalue weighted by Gasteiger charge is -2.13. The molecule has 0 heterocycles. The fourth-order valence-electron chi connectivity index (χ4n) is 1.87. The van der Waals surface area contributed by atoms with Gasteiger partial charge < -0.3 is 15.7 Å². The number of carboxylic acid groups (broad SMARTS) is 1. The summed E-state index contributed by atoms with van der Waals surface area (Å²) in [5, 5.41) is 14.1. The molecule has 17 heavy (non-hydrogen) atoms. The first-order valence-corrected chi connectivity index (χ1v) is 5.99. The molecular formula is C12H20N2O3. The third kappa shape index (κ3) is 4.46. The van der Waals surface area contributed by atoms with E-state index >= 15 is 0 Å². The van der Waals surface area contributed by atoms with Crippen molar-refractivity contribution in [3.05, 3.63) is 12.7 Å². The molecule has 0 aromatic rings. The number of amides is 2. The highest BCUT2D eigenvalue weighted by atomic mass is 16.4. The summed E-state index contributed by atoms with van der Waals surface area (Å²) >= 11 is 0. The molecule has 3 atom stereocenters. The van der Waals surface area contributed by atoms with Crippen molar-refractivity contribution in [2.75, 3.05) is 0 Å². The van der Waals surface area contributed by atoms with Crippen LogP contribution in [0.5, 0.6) is 0 Å². The van der Waals surface area contributed by atoms with E-state index in [4.69, 9.17) is 5.11 Å². The Hall–Kier alpha value is -1.52. The van der Waals surface area contributed by atoms with Gasteiger partial charge in [0.2, 0.25) is 0 Å². The zero-order valence-corrected chi connectivity index (χ0v) is 10.1. The van der Waals surface area contributed by atoms with E-state index in [0.717, 1.165) is 19.3 Å². The zero-order chi connectivity index (χ0) is 12.8. The van der Waals surface area contributed by atoms with E-state index in [-0.39, 0.29) is 12.5 Å². The van der Waals surface area contributed by atoms with Gasteiger partial charge in [-0.15, -0.1) is 6.58 Å². The van der Waals surface area contributed by atoms with Crippen molar-refractivity contribution < 1.29 is 14.7 Å². The summed E-state index contributed by atoms with van der Waals surface area (Å²) in [6, 6.07) is -1.08. The number of carboxylic acids is 1. The van der Waals surface area contributed by atoms with Crippen molar-refractivity contribution in [3.8, 4) is 0 Å². The first kappa shape index (κ1) is 13.5. The first-order chi connectivity index (χ1) is 8.08. The monoisotopic (exact) mass is 240 g/mol. The number of hydrogen-bond donors (Lipinski definition) is 3. The molecule has 1 rings (SSSR count). The molecule has 1 fully saturated rings. The summed E-state index contributed by atoms with van der Waals surface area (Å²) in [6.07, 6.45) is 4.93. The Morgan fingerprint density at radius 2 is 2.29 bits per heavy atom. The SMILES string of the molecule is C=CCC(NC(=O)NC1CC1CCC)C(=O)O. The van der Waals surface area contributed by atoms with Gasteiger partial charge >= 0.3 is 12.0 Å². The number of carbonyl (C=O) groups excluding carboxylic acids is 1. The maximum Gasteiger partial charge on any atom is 0.326 e. The third-order valence-corrected chi connectivity index (χ3v) is 2.90. The van der Waals surface area contributed by atoms with Gasteiger partial charge in [-0.25, -0.2) is 9.59 Å². The molecule has 1 saturated carbocycles. The molecule has 0 saturated heterocycles. The van der Waals surface area contributed by atoms with E-state index in [1.807, 2.05) is 0 Å². The Morgan fingerprint density at radius 3 is 2.82 bits per heavy atom.